The minimum Gasteiger partial charge on any atom is -0.496 e. The Morgan fingerprint density at radius 3 is 2.63 bits per heavy atom. The van der Waals surface area contributed by atoms with Gasteiger partial charge in [-0.2, -0.15) is 13.2 Å². The molecule has 0 bridgehead atoms. The van der Waals surface area contributed by atoms with Crippen LogP contribution in [-0.2, 0) is 4.74 Å². The maximum absolute atomic E-state index is 11.9. The number of ether oxygens (including phenoxy) is 2. The first-order valence-electron chi connectivity index (χ1n) is 5.51. The molecule has 0 aliphatic heterocycles. The lowest BCUT2D eigenvalue weighted by molar-refractivity contribution is -0.137. The first-order chi connectivity index (χ1) is 8.85. The van der Waals surface area contributed by atoms with Crippen molar-refractivity contribution in [3.63, 3.8) is 0 Å². The van der Waals surface area contributed by atoms with E-state index in [1.165, 1.54) is 19.2 Å². The summed E-state index contributed by atoms with van der Waals surface area (Å²) in [4.78, 5) is 11.7. The predicted molar refractivity (Wildman–Crippen MR) is 63.0 cm³/mol. The van der Waals surface area contributed by atoms with E-state index in [2.05, 4.69) is 0 Å². The number of methoxy groups -OCH3 is 1. The van der Waals surface area contributed by atoms with Gasteiger partial charge < -0.3 is 15.2 Å². The Kier molecular flexibility index (Phi) is 5.02. The Balaban J connectivity index is 2.59. The highest BCUT2D eigenvalue weighted by atomic mass is 19.4. The lowest BCUT2D eigenvalue weighted by Crippen LogP contribution is -2.13. The van der Waals surface area contributed by atoms with Crippen molar-refractivity contribution >= 4 is 11.7 Å². The topological polar surface area (TPSA) is 61.5 Å². The second-order valence-corrected chi connectivity index (χ2v) is 3.78. The van der Waals surface area contributed by atoms with Crippen molar-refractivity contribution in [1.82, 2.24) is 0 Å². The van der Waals surface area contributed by atoms with Gasteiger partial charge >= 0.3 is 12.1 Å². The van der Waals surface area contributed by atoms with Crippen molar-refractivity contribution in [2.45, 2.75) is 19.0 Å². The molecule has 0 aliphatic rings. The molecule has 0 aliphatic carbocycles. The molecule has 0 spiro atoms. The van der Waals surface area contributed by atoms with E-state index in [-0.39, 0.29) is 30.0 Å². The molecule has 0 heterocycles. The number of rotatable bonds is 5. The smallest absolute Gasteiger partial charge is 0.389 e. The fraction of sp³-hybridized carbons (Fsp3) is 0.417. The van der Waals surface area contributed by atoms with Crippen LogP contribution in [0, 0.1) is 0 Å². The Bertz CT molecular complexity index is 446. The summed E-state index contributed by atoms with van der Waals surface area (Å²) in [5, 5.41) is 0. The molecule has 0 amide bonds. The zero-order valence-electron chi connectivity index (χ0n) is 10.3. The van der Waals surface area contributed by atoms with Gasteiger partial charge in [-0.25, -0.2) is 4.79 Å². The molecule has 0 unspecified atom stereocenters. The van der Waals surface area contributed by atoms with Crippen LogP contribution < -0.4 is 10.5 Å². The number of alkyl halides is 3. The van der Waals surface area contributed by atoms with E-state index >= 15 is 0 Å². The van der Waals surface area contributed by atoms with E-state index in [9.17, 15) is 18.0 Å². The van der Waals surface area contributed by atoms with Crippen molar-refractivity contribution in [3.05, 3.63) is 23.8 Å². The summed E-state index contributed by atoms with van der Waals surface area (Å²) in [5.41, 5.74) is 5.79. The van der Waals surface area contributed by atoms with E-state index in [4.69, 9.17) is 15.2 Å². The summed E-state index contributed by atoms with van der Waals surface area (Å²) in [6, 6.07) is 4.59. The van der Waals surface area contributed by atoms with Crippen molar-refractivity contribution in [1.29, 1.82) is 0 Å². The third-order valence-corrected chi connectivity index (χ3v) is 2.32. The van der Waals surface area contributed by atoms with Crippen molar-refractivity contribution < 1.29 is 27.4 Å². The second kappa shape index (κ2) is 6.31. The minimum absolute atomic E-state index is 0.0250. The van der Waals surface area contributed by atoms with Crippen molar-refractivity contribution in [3.8, 4) is 5.75 Å². The molecule has 0 atom stereocenters. The highest BCUT2D eigenvalue weighted by Crippen LogP contribution is 2.25. The number of carbonyl (C=O) groups is 1. The van der Waals surface area contributed by atoms with Crippen LogP contribution in [0.25, 0.3) is 0 Å². The summed E-state index contributed by atoms with van der Waals surface area (Å²) < 4.78 is 45.4. The molecule has 7 heteroatoms. The van der Waals surface area contributed by atoms with Gasteiger partial charge in [0.05, 0.1) is 13.7 Å². The van der Waals surface area contributed by atoms with E-state index in [0.717, 1.165) is 0 Å². The fourth-order valence-corrected chi connectivity index (χ4v) is 1.45. The third-order valence-electron chi connectivity index (χ3n) is 2.32. The molecule has 2 N–H and O–H groups in total. The summed E-state index contributed by atoms with van der Waals surface area (Å²) in [7, 11) is 1.36. The molecule has 1 rings (SSSR count). The molecule has 0 saturated heterocycles. The van der Waals surface area contributed by atoms with Gasteiger partial charge in [0.2, 0.25) is 0 Å². The van der Waals surface area contributed by atoms with Crippen LogP contribution in [0.3, 0.4) is 0 Å². The Morgan fingerprint density at radius 1 is 1.37 bits per heavy atom. The number of esters is 1. The third kappa shape index (κ3) is 4.69. The van der Waals surface area contributed by atoms with E-state index < -0.39 is 18.6 Å². The molecule has 1 aromatic rings. The van der Waals surface area contributed by atoms with Gasteiger partial charge in [-0.3, -0.25) is 0 Å². The molecule has 106 valence electrons. The number of benzene rings is 1. The number of hydrogen-bond donors (Lipinski definition) is 1. The zero-order chi connectivity index (χ0) is 14.5. The van der Waals surface area contributed by atoms with Crippen LogP contribution >= 0.6 is 0 Å². The quantitative estimate of drug-likeness (QED) is 0.510. The molecule has 0 saturated carbocycles. The molecule has 0 aromatic heterocycles. The fourth-order valence-electron chi connectivity index (χ4n) is 1.45. The van der Waals surface area contributed by atoms with Gasteiger partial charge in [0, 0.05) is 12.1 Å². The lowest BCUT2D eigenvalue weighted by Gasteiger charge is -2.11. The first kappa shape index (κ1) is 15.1. The van der Waals surface area contributed by atoms with E-state index in [1.54, 1.807) is 6.07 Å². The highest BCUT2D eigenvalue weighted by Gasteiger charge is 2.26. The Hall–Kier alpha value is -1.92. The van der Waals surface area contributed by atoms with Gasteiger partial charge in [0.25, 0.3) is 0 Å². The number of anilines is 1. The van der Waals surface area contributed by atoms with Crippen LogP contribution in [0.2, 0.25) is 0 Å². The number of nitrogen functional groups attached to an aromatic ring is 1. The normalized spacial score (nSPS) is 11.2. The van der Waals surface area contributed by atoms with Crippen LogP contribution in [0.1, 0.15) is 23.2 Å². The summed E-state index contributed by atoms with van der Waals surface area (Å²) in [5.74, 6) is -0.571. The van der Waals surface area contributed by atoms with Gasteiger partial charge in [-0.15, -0.1) is 0 Å². The average Bonchev–Trinajstić information content (AvgIpc) is 2.32. The van der Waals surface area contributed by atoms with Crippen LogP contribution in [0.15, 0.2) is 18.2 Å². The Morgan fingerprint density at radius 2 is 2.05 bits per heavy atom. The van der Waals surface area contributed by atoms with E-state index in [0.29, 0.717) is 0 Å². The predicted octanol–water partition coefficient (Wildman–Crippen LogP) is 2.78. The second-order valence-electron chi connectivity index (χ2n) is 3.78. The van der Waals surface area contributed by atoms with Gasteiger partial charge in [-0.1, -0.05) is 6.07 Å². The molecular formula is C12H14F3NO3. The standard InChI is InChI=1S/C12H14F3NO3/c1-18-9-5-2-4-8(16)10(9)11(17)19-7-3-6-12(13,14)15/h2,4-5H,3,6-7,16H2,1H3. The maximum Gasteiger partial charge on any atom is 0.389 e. The SMILES string of the molecule is COc1cccc(N)c1C(=O)OCCCC(F)(F)F. The average molecular weight is 277 g/mol. The molecule has 1 aromatic carbocycles. The van der Waals surface area contributed by atoms with Crippen LogP contribution in [0.5, 0.6) is 5.75 Å². The Labute approximate surface area is 108 Å². The zero-order valence-corrected chi connectivity index (χ0v) is 10.3. The maximum atomic E-state index is 11.9. The van der Waals surface area contributed by atoms with Crippen molar-refractivity contribution in [2.75, 3.05) is 19.5 Å². The van der Waals surface area contributed by atoms with Crippen LogP contribution in [-0.4, -0.2) is 25.9 Å². The minimum atomic E-state index is -4.25. The number of carbonyl (C=O) groups excluding carboxylic acids is 1. The molecule has 4 nitrogen and oxygen atoms in total. The largest absolute Gasteiger partial charge is 0.496 e. The molecular weight excluding hydrogens is 263 g/mol. The summed E-state index contributed by atoms with van der Waals surface area (Å²) in [6.07, 6.45) is -5.54. The highest BCUT2D eigenvalue weighted by molar-refractivity contribution is 5.98. The van der Waals surface area contributed by atoms with Gasteiger partial charge in [0.15, 0.2) is 0 Å². The number of nitrogens with two attached hydrogens (primary N) is 1. The first-order valence-corrected chi connectivity index (χ1v) is 5.51. The molecule has 0 radical (unpaired) electrons. The van der Waals surface area contributed by atoms with Gasteiger partial charge in [-0.05, 0) is 18.6 Å². The molecule has 0 fully saturated rings. The summed E-state index contributed by atoms with van der Waals surface area (Å²) >= 11 is 0. The van der Waals surface area contributed by atoms with Gasteiger partial charge in [0.1, 0.15) is 11.3 Å². The van der Waals surface area contributed by atoms with Crippen LogP contribution in [0.4, 0.5) is 18.9 Å². The van der Waals surface area contributed by atoms with E-state index in [1.807, 2.05) is 0 Å². The lowest BCUT2D eigenvalue weighted by atomic mass is 10.1. The molecule has 19 heavy (non-hydrogen) atoms. The number of halogens is 3. The van der Waals surface area contributed by atoms with Crippen molar-refractivity contribution in [2.24, 2.45) is 0 Å². The number of hydrogen-bond acceptors (Lipinski definition) is 4. The monoisotopic (exact) mass is 277 g/mol. The summed E-state index contributed by atoms with van der Waals surface area (Å²) in [6.45, 7) is -0.324.